The number of nitrogens with one attached hydrogen (secondary N) is 1. The third-order valence-corrected chi connectivity index (χ3v) is 5.73. The number of methoxy groups -OCH3 is 2. The molecule has 3 aromatic rings. The van der Waals surface area contributed by atoms with Gasteiger partial charge in [-0.1, -0.05) is 11.6 Å². The Kier molecular flexibility index (Phi) is 6.38. The molecule has 1 aromatic heterocycles. The molecule has 1 saturated heterocycles. The summed E-state index contributed by atoms with van der Waals surface area (Å²) in [5.41, 5.74) is 0.617. The maximum Gasteiger partial charge on any atom is 0.284 e. The molecule has 33 heavy (non-hydrogen) atoms. The fourth-order valence-corrected chi connectivity index (χ4v) is 4.02. The number of ether oxygens (including phenoxy) is 2. The Bertz CT molecular complexity index is 1320. The summed E-state index contributed by atoms with van der Waals surface area (Å²) in [5, 5.41) is 15.0. The average molecular weight is 486 g/mol. The Morgan fingerprint density at radius 1 is 1.15 bits per heavy atom. The van der Waals surface area contributed by atoms with Crippen molar-refractivity contribution in [3.63, 3.8) is 0 Å². The number of nitro benzene ring substituents is 1. The van der Waals surface area contributed by atoms with Crippen LogP contribution in [0, 0.1) is 10.1 Å². The molecule has 0 radical (unpaired) electrons. The van der Waals surface area contributed by atoms with E-state index < -0.39 is 4.92 Å². The molecule has 1 amide bonds. The van der Waals surface area contributed by atoms with Crippen molar-refractivity contribution in [2.75, 3.05) is 14.2 Å². The van der Waals surface area contributed by atoms with E-state index in [-0.39, 0.29) is 17.4 Å². The van der Waals surface area contributed by atoms with Gasteiger partial charge in [-0.3, -0.25) is 14.9 Å². The minimum absolute atomic E-state index is 0.152. The van der Waals surface area contributed by atoms with Crippen LogP contribution in [0.4, 0.5) is 11.4 Å². The normalized spacial score (nSPS) is 15.7. The first-order valence-electron chi connectivity index (χ1n) is 9.43. The van der Waals surface area contributed by atoms with E-state index in [1.165, 1.54) is 26.4 Å². The third-order valence-electron chi connectivity index (χ3n) is 4.58. The van der Waals surface area contributed by atoms with Crippen LogP contribution in [0.25, 0.3) is 17.4 Å². The first-order chi connectivity index (χ1) is 15.9. The Morgan fingerprint density at radius 3 is 2.70 bits per heavy atom. The SMILES string of the molecule is COc1ccc(-c2ccc(/C=C3\SC(=Nc4cc(Cl)ccc4OC)NC3=O)o2)c([N+](=O)[O-])c1. The lowest BCUT2D eigenvalue weighted by Crippen LogP contribution is -2.19. The molecule has 168 valence electrons. The Morgan fingerprint density at radius 2 is 1.97 bits per heavy atom. The van der Waals surface area contributed by atoms with Gasteiger partial charge < -0.3 is 19.2 Å². The Hall–Kier alpha value is -3.76. The number of rotatable bonds is 6. The van der Waals surface area contributed by atoms with Crippen molar-refractivity contribution in [1.82, 2.24) is 5.32 Å². The highest BCUT2D eigenvalue weighted by molar-refractivity contribution is 8.18. The number of amides is 1. The summed E-state index contributed by atoms with van der Waals surface area (Å²) in [5.74, 6) is 1.16. The number of amidine groups is 1. The standard InChI is InChI=1S/C22H16ClN3O6S/c1-30-13-4-6-15(17(10-13)26(28)29)18-8-5-14(32-18)11-20-21(27)25-22(33-20)24-16-9-12(23)3-7-19(16)31-2/h3-11H,1-2H3,(H,24,25,27)/b20-11-. The molecule has 0 bridgehead atoms. The molecule has 1 N–H and O–H groups in total. The van der Waals surface area contributed by atoms with Gasteiger partial charge in [-0.15, -0.1) is 0 Å². The van der Waals surface area contributed by atoms with Crippen LogP contribution >= 0.6 is 23.4 Å². The number of aliphatic imine (C=N–C) groups is 1. The summed E-state index contributed by atoms with van der Waals surface area (Å²) < 4.78 is 16.1. The molecule has 0 unspecified atom stereocenters. The number of hydrogen-bond donors (Lipinski definition) is 1. The van der Waals surface area contributed by atoms with Crippen LogP contribution < -0.4 is 14.8 Å². The number of carbonyl (C=O) groups is 1. The fourth-order valence-electron chi connectivity index (χ4n) is 3.04. The van der Waals surface area contributed by atoms with E-state index in [1.807, 2.05) is 0 Å². The lowest BCUT2D eigenvalue weighted by molar-refractivity contribution is -0.384. The van der Waals surface area contributed by atoms with Crippen LogP contribution in [0.2, 0.25) is 5.02 Å². The second kappa shape index (κ2) is 9.39. The third kappa shape index (κ3) is 4.86. The molecule has 0 atom stereocenters. The molecule has 2 aromatic carbocycles. The Balaban J connectivity index is 1.60. The molecule has 0 saturated carbocycles. The largest absolute Gasteiger partial charge is 0.497 e. The summed E-state index contributed by atoms with van der Waals surface area (Å²) in [7, 11) is 2.94. The number of benzene rings is 2. The van der Waals surface area contributed by atoms with Crippen molar-refractivity contribution in [3.05, 3.63) is 74.3 Å². The van der Waals surface area contributed by atoms with Gasteiger partial charge in [0, 0.05) is 11.1 Å². The van der Waals surface area contributed by atoms with Crippen LogP contribution in [-0.2, 0) is 4.79 Å². The van der Waals surface area contributed by atoms with Crippen LogP contribution in [0.3, 0.4) is 0 Å². The molecule has 2 heterocycles. The predicted molar refractivity (Wildman–Crippen MR) is 126 cm³/mol. The van der Waals surface area contributed by atoms with Crippen molar-refractivity contribution >= 4 is 51.9 Å². The number of carbonyl (C=O) groups excluding carboxylic acids is 1. The highest BCUT2D eigenvalue weighted by Gasteiger charge is 2.25. The minimum Gasteiger partial charge on any atom is -0.497 e. The zero-order valence-corrected chi connectivity index (χ0v) is 18.9. The van der Waals surface area contributed by atoms with Gasteiger partial charge in [0.1, 0.15) is 28.7 Å². The highest BCUT2D eigenvalue weighted by atomic mass is 35.5. The highest BCUT2D eigenvalue weighted by Crippen LogP contribution is 2.36. The van der Waals surface area contributed by atoms with Crippen LogP contribution in [0.5, 0.6) is 11.5 Å². The summed E-state index contributed by atoms with van der Waals surface area (Å²) in [6.07, 6.45) is 1.54. The minimum atomic E-state index is -0.508. The van der Waals surface area contributed by atoms with Gasteiger partial charge in [0.05, 0.1) is 35.7 Å². The van der Waals surface area contributed by atoms with Gasteiger partial charge in [-0.05, 0) is 54.2 Å². The monoisotopic (exact) mass is 485 g/mol. The molecule has 1 aliphatic heterocycles. The quantitative estimate of drug-likeness (QED) is 0.281. The molecular weight excluding hydrogens is 470 g/mol. The van der Waals surface area contributed by atoms with E-state index in [9.17, 15) is 14.9 Å². The molecule has 1 fully saturated rings. The van der Waals surface area contributed by atoms with Gasteiger partial charge in [0.15, 0.2) is 5.17 Å². The van der Waals surface area contributed by atoms with Gasteiger partial charge in [-0.25, -0.2) is 4.99 Å². The number of halogens is 1. The van der Waals surface area contributed by atoms with E-state index in [0.717, 1.165) is 11.8 Å². The summed E-state index contributed by atoms with van der Waals surface area (Å²) >= 11 is 7.15. The first kappa shape index (κ1) is 22.4. The first-order valence-corrected chi connectivity index (χ1v) is 10.6. The van der Waals surface area contributed by atoms with E-state index in [1.54, 1.807) is 42.5 Å². The average Bonchev–Trinajstić information content (AvgIpc) is 3.40. The second-order valence-corrected chi connectivity index (χ2v) is 8.11. The molecule has 0 aliphatic carbocycles. The molecule has 9 nitrogen and oxygen atoms in total. The van der Waals surface area contributed by atoms with E-state index >= 15 is 0 Å². The van der Waals surface area contributed by atoms with E-state index in [4.69, 9.17) is 25.5 Å². The summed E-state index contributed by atoms with van der Waals surface area (Å²) in [6.45, 7) is 0. The lowest BCUT2D eigenvalue weighted by Gasteiger charge is -2.04. The maximum absolute atomic E-state index is 12.4. The lowest BCUT2D eigenvalue weighted by atomic mass is 10.1. The molecule has 4 rings (SSSR count). The maximum atomic E-state index is 12.4. The van der Waals surface area contributed by atoms with Crippen LogP contribution in [0.1, 0.15) is 5.76 Å². The van der Waals surface area contributed by atoms with Crippen molar-refractivity contribution in [3.8, 4) is 22.8 Å². The van der Waals surface area contributed by atoms with Crippen molar-refractivity contribution in [2.24, 2.45) is 4.99 Å². The Labute approximate surface area is 197 Å². The number of furan rings is 1. The number of thioether (sulfide) groups is 1. The summed E-state index contributed by atoms with van der Waals surface area (Å²) in [4.78, 5) is 28.1. The smallest absolute Gasteiger partial charge is 0.284 e. The van der Waals surface area contributed by atoms with Gasteiger partial charge >= 0.3 is 0 Å². The van der Waals surface area contributed by atoms with Gasteiger partial charge in [0.25, 0.3) is 11.6 Å². The van der Waals surface area contributed by atoms with Crippen molar-refractivity contribution in [2.45, 2.75) is 0 Å². The fraction of sp³-hybridized carbons (Fsp3) is 0.0909. The van der Waals surface area contributed by atoms with Crippen LogP contribution in [-0.4, -0.2) is 30.2 Å². The van der Waals surface area contributed by atoms with Gasteiger partial charge in [0.2, 0.25) is 0 Å². The van der Waals surface area contributed by atoms with Crippen molar-refractivity contribution in [1.29, 1.82) is 0 Å². The topological polar surface area (TPSA) is 116 Å². The molecule has 11 heteroatoms. The number of hydrogen-bond acceptors (Lipinski definition) is 8. The van der Waals surface area contributed by atoms with Gasteiger partial charge in [-0.2, -0.15) is 0 Å². The second-order valence-electron chi connectivity index (χ2n) is 6.64. The molecular formula is C22H16ClN3O6S. The number of nitro groups is 1. The predicted octanol–water partition coefficient (Wildman–Crippen LogP) is 5.42. The van der Waals surface area contributed by atoms with E-state index in [0.29, 0.717) is 43.6 Å². The molecule has 0 spiro atoms. The zero-order valence-electron chi connectivity index (χ0n) is 17.3. The summed E-state index contributed by atoms with van der Waals surface area (Å²) in [6, 6.07) is 12.7. The van der Waals surface area contributed by atoms with Crippen LogP contribution in [0.15, 0.2) is 62.8 Å². The zero-order chi connectivity index (χ0) is 23.5. The van der Waals surface area contributed by atoms with E-state index in [2.05, 4.69) is 10.3 Å². The number of nitrogens with zero attached hydrogens (tertiary/aromatic N) is 2. The molecule has 1 aliphatic rings. The van der Waals surface area contributed by atoms with Crippen molar-refractivity contribution < 1.29 is 23.6 Å².